The van der Waals surface area contributed by atoms with E-state index in [0.717, 1.165) is 48.0 Å². The maximum atomic E-state index is 12.6. The third-order valence-electron chi connectivity index (χ3n) is 5.57. The van der Waals surface area contributed by atoms with Crippen molar-refractivity contribution < 1.29 is 4.79 Å². The normalized spacial score (nSPS) is 14.6. The molecule has 31 heavy (non-hydrogen) atoms. The molecular weight excluding hydrogens is 392 g/mol. The van der Waals surface area contributed by atoms with Crippen molar-refractivity contribution in [2.24, 2.45) is 0 Å². The van der Waals surface area contributed by atoms with Gasteiger partial charge in [-0.2, -0.15) is 5.10 Å². The third kappa shape index (κ3) is 3.82. The lowest BCUT2D eigenvalue weighted by molar-refractivity contribution is 0.102. The van der Waals surface area contributed by atoms with E-state index in [0.29, 0.717) is 11.4 Å². The first kappa shape index (κ1) is 19.1. The first-order valence-electron chi connectivity index (χ1n) is 10.3. The van der Waals surface area contributed by atoms with E-state index in [9.17, 15) is 4.79 Å². The lowest BCUT2D eigenvalue weighted by Crippen LogP contribution is -2.29. The maximum absolute atomic E-state index is 12.6. The molecule has 156 valence electrons. The van der Waals surface area contributed by atoms with Crippen LogP contribution < -0.4 is 16.1 Å². The van der Waals surface area contributed by atoms with Crippen LogP contribution in [0.25, 0.3) is 22.0 Å². The van der Waals surface area contributed by atoms with E-state index in [1.54, 1.807) is 10.9 Å². The van der Waals surface area contributed by atoms with Gasteiger partial charge in [0.15, 0.2) is 5.69 Å². The molecule has 0 atom stereocenters. The first-order valence-corrected chi connectivity index (χ1v) is 10.3. The summed E-state index contributed by atoms with van der Waals surface area (Å²) in [7, 11) is 0. The topological polar surface area (TPSA) is 124 Å². The molecule has 4 aromatic rings. The summed E-state index contributed by atoms with van der Waals surface area (Å²) in [5, 5.41) is 31.2. The fourth-order valence-corrected chi connectivity index (χ4v) is 3.90. The highest BCUT2D eigenvalue weighted by Gasteiger charge is 2.19. The van der Waals surface area contributed by atoms with Crippen LogP contribution in [0.1, 0.15) is 29.4 Å². The second-order valence-electron chi connectivity index (χ2n) is 7.59. The molecule has 0 radical (unpaired) electrons. The van der Waals surface area contributed by atoms with E-state index in [-0.39, 0.29) is 17.4 Å². The number of aromatic nitrogens is 5. The average Bonchev–Trinajstić information content (AvgIpc) is 3.32. The average molecular weight is 414 g/mol. The van der Waals surface area contributed by atoms with Gasteiger partial charge in [0.25, 0.3) is 5.91 Å². The standard InChI is InChI=1S/C22H22N8O/c23-21-18-4-2-1-3-17(18)20(27-28-21)14-5-7-15(8-6-14)25-22(31)19-13-30(29-26-19)16-9-11-24-12-10-16/h1-8,13,16,24H,9-12H2,(H2,23,28)(H,25,31). The summed E-state index contributed by atoms with van der Waals surface area (Å²) in [6.07, 6.45) is 3.68. The molecule has 1 amide bonds. The van der Waals surface area contributed by atoms with Crippen LogP contribution in [0.5, 0.6) is 0 Å². The van der Waals surface area contributed by atoms with Gasteiger partial charge in [-0.1, -0.05) is 41.6 Å². The predicted molar refractivity (Wildman–Crippen MR) is 117 cm³/mol. The predicted octanol–water partition coefficient (Wildman–Crippen LogP) is 2.48. The highest BCUT2D eigenvalue weighted by molar-refractivity contribution is 6.02. The number of anilines is 1. The number of hydrogen-bond donors (Lipinski definition) is 4. The summed E-state index contributed by atoms with van der Waals surface area (Å²) >= 11 is 0. The van der Waals surface area contributed by atoms with E-state index in [1.165, 1.54) is 0 Å². The van der Waals surface area contributed by atoms with Crippen LogP contribution in [0.2, 0.25) is 0 Å². The minimum atomic E-state index is -0.289. The van der Waals surface area contributed by atoms with E-state index in [1.807, 2.05) is 48.5 Å². The Balaban J connectivity index is 1.33. The molecule has 0 saturated carbocycles. The molecular formula is C22H22N8O. The van der Waals surface area contributed by atoms with E-state index in [2.05, 4.69) is 31.1 Å². The van der Waals surface area contributed by atoms with Crippen molar-refractivity contribution in [2.45, 2.75) is 18.9 Å². The zero-order valence-electron chi connectivity index (χ0n) is 16.8. The zero-order valence-corrected chi connectivity index (χ0v) is 16.8. The van der Waals surface area contributed by atoms with Crippen LogP contribution in [0.4, 0.5) is 5.69 Å². The molecule has 0 aliphatic carbocycles. The Morgan fingerprint density at radius 2 is 1.81 bits per heavy atom. The van der Waals surface area contributed by atoms with Crippen LogP contribution in [0.3, 0.4) is 0 Å². The van der Waals surface area contributed by atoms with Crippen molar-refractivity contribution in [1.29, 1.82) is 5.41 Å². The Hall–Kier alpha value is -3.85. The molecule has 2 aromatic carbocycles. The number of H-pyrrole nitrogens is 1. The summed E-state index contributed by atoms with van der Waals surface area (Å²) in [6.45, 7) is 1.90. The van der Waals surface area contributed by atoms with Crippen LogP contribution in [-0.2, 0) is 0 Å². The maximum Gasteiger partial charge on any atom is 0.277 e. The van der Waals surface area contributed by atoms with Crippen LogP contribution >= 0.6 is 0 Å². The highest BCUT2D eigenvalue weighted by Crippen LogP contribution is 2.25. The summed E-state index contributed by atoms with van der Waals surface area (Å²) < 4.78 is 1.79. The van der Waals surface area contributed by atoms with E-state index >= 15 is 0 Å². The molecule has 1 aliphatic rings. The van der Waals surface area contributed by atoms with E-state index in [4.69, 9.17) is 5.41 Å². The smallest absolute Gasteiger partial charge is 0.277 e. The van der Waals surface area contributed by atoms with Gasteiger partial charge < -0.3 is 10.6 Å². The van der Waals surface area contributed by atoms with Crippen LogP contribution in [-0.4, -0.2) is 44.2 Å². The number of benzene rings is 2. The molecule has 2 aromatic heterocycles. The number of amides is 1. The minimum Gasteiger partial charge on any atom is -0.321 e. The molecule has 4 N–H and O–H groups in total. The molecule has 1 fully saturated rings. The monoisotopic (exact) mass is 414 g/mol. The molecule has 0 spiro atoms. The molecule has 1 aliphatic heterocycles. The number of fused-ring (bicyclic) bond motifs is 1. The van der Waals surface area contributed by atoms with Crippen LogP contribution in [0, 0.1) is 5.41 Å². The molecule has 1 saturated heterocycles. The summed E-state index contributed by atoms with van der Waals surface area (Å²) in [6, 6.07) is 15.4. The number of hydrogen-bond acceptors (Lipinski definition) is 6. The quantitative estimate of drug-likeness (QED) is 0.408. The lowest BCUT2D eigenvalue weighted by Gasteiger charge is -2.22. The summed E-state index contributed by atoms with van der Waals surface area (Å²) in [4.78, 5) is 12.6. The first-order chi connectivity index (χ1) is 15.2. The minimum absolute atomic E-state index is 0.278. The number of carbonyl (C=O) groups is 1. The van der Waals surface area contributed by atoms with Crippen molar-refractivity contribution in [2.75, 3.05) is 18.4 Å². The van der Waals surface area contributed by atoms with Gasteiger partial charge in [-0.3, -0.25) is 15.3 Å². The van der Waals surface area contributed by atoms with Gasteiger partial charge in [0, 0.05) is 22.0 Å². The highest BCUT2D eigenvalue weighted by atomic mass is 16.2. The fourth-order valence-electron chi connectivity index (χ4n) is 3.90. The van der Waals surface area contributed by atoms with E-state index < -0.39 is 0 Å². The SMILES string of the molecule is N=c1[nH]nc(-c2ccc(NC(=O)c3cn(C4CCNCC4)nn3)cc2)c2ccccc12. The zero-order chi connectivity index (χ0) is 21.2. The van der Waals surface area contributed by atoms with Crippen molar-refractivity contribution in [3.63, 3.8) is 0 Å². The Morgan fingerprint density at radius 1 is 1.06 bits per heavy atom. The second kappa shape index (κ2) is 8.11. The van der Waals surface area contributed by atoms with Crippen LogP contribution in [0.15, 0.2) is 54.7 Å². The fraction of sp³-hybridized carbons (Fsp3) is 0.227. The van der Waals surface area contributed by atoms with Crippen molar-refractivity contribution in [3.8, 4) is 11.3 Å². The molecule has 9 heteroatoms. The van der Waals surface area contributed by atoms with Gasteiger partial charge in [-0.15, -0.1) is 5.10 Å². The Morgan fingerprint density at radius 3 is 2.58 bits per heavy atom. The molecule has 0 unspecified atom stereocenters. The molecule has 5 rings (SSSR count). The molecule has 9 nitrogen and oxygen atoms in total. The number of aromatic amines is 1. The van der Waals surface area contributed by atoms with Crippen molar-refractivity contribution in [3.05, 3.63) is 65.9 Å². The van der Waals surface area contributed by atoms with Crippen molar-refractivity contribution >= 4 is 22.4 Å². The second-order valence-corrected chi connectivity index (χ2v) is 7.59. The summed E-state index contributed by atoms with van der Waals surface area (Å²) in [5.41, 5.74) is 2.89. The third-order valence-corrected chi connectivity index (χ3v) is 5.57. The molecule has 0 bridgehead atoms. The lowest BCUT2D eigenvalue weighted by atomic mass is 10.0. The Bertz CT molecular complexity index is 1280. The molecule has 3 heterocycles. The van der Waals surface area contributed by atoms with Gasteiger partial charge >= 0.3 is 0 Å². The number of piperidine rings is 1. The van der Waals surface area contributed by atoms with Gasteiger partial charge in [0.05, 0.1) is 17.9 Å². The number of rotatable bonds is 4. The number of nitrogens with one attached hydrogen (secondary N) is 4. The Kier molecular flexibility index (Phi) is 5.01. The van der Waals surface area contributed by atoms with Gasteiger partial charge in [0.1, 0.15) is 5.49 Å². The Labute approximate surface area is 178 Å². The van der Waals surface area contributed by atoms with Gasteiger partial charge in [0.2, 0.25) is 0 Å². The van der Waals surface area contributed by atoms with Crippen molar-refractivity contribution in [1.82, 2.24) is 30.5 Å². The van der Waals surface area contributed by atoms with Gasteiger partial charge in [-0.05, 0) is 38.1 Å². The number of carbonyl (C=O) groups excluding carboxylic acids is 1. The summed E-state index contributed by atoms with van der Waals surface area (Å²) in [5.74, 6) is -0.289. The number of nitrogens with zero attached hydrogens (tertiary/aromatic N) is 4. The van der Waals surface area contributed by atoms with Gasteiger partial charge in [-0.25, -0.2) is 4.68 Å². The largest absolute Gasteiger partial charge is 0.321 e.